The number of carbonyl (C=O) groups excluding carboxylic acids is 1. The van der Waals surface area contributed by atoms with E-state index in [2.05, 4.69) is 4.74 Å². The van der Waals surface area contributed by atoms with Crippen LogP contribution in [0, 0.1) is 0 Å². The molecule has 0 rings (SSSR count). The molecule has 0 aliphatic carbocycles. The number of methoxy groups -OCH3 is 1. The number of hydrogen-bond acceptors (Lipinski definition) is 3. The molecule has 0 aromatic carbocycles. The normalized spacial score (nSPS) is 12.7. The number of likely N-dealkylation sites (N-methyl/N-ethyl adjacent to an activating group) is 1. The molecular formula is C7H15NO3. The predicted octanol–water partition coefficient (Wildman–Crippen LogP) is -0.528. The number of ether oxygens (including phenoxy) is 1. The molecule has 0 radical (unpaired) electrons. The molecule has 0 saturated heterocycles. The van der Waals surface area contributed by atoms with Gasteiger partial charge in [0.1, 0.15) is 6.61 Å². The zero-order valence-corrected chi connectivity index (χ0v) is 7.20. The Balaban J connectivity index is 3.64. The van der Waals surface area contributed by atoms with E-state index in [0.717, 1.165) is 0 Å². The summed E-state index contributed by atoms with van der Waals surface area (Å²) in [5.41, 5.74) is 0. The van der Waals surface area contributed by atoms with E-state index in [9.17, 15) is 4.79 Å². The predicted molar refractivity (Wildman–Crippen MR) is 41.2 cm³/mol. The van der Waals surface area contributed by atoms with Gasteiger partial charge >= 0.3 is 0 Å². The highest BCUT2D eigenvalue weighted by atomic mass is 16.5. The van der Waals surface area contributed by atoms with E-state index < -0.39 is 6.10 Å². The van der Waals surface area contributed by atoms with Crippen LogP contribution in [0.1, 0.15) is 6.92 Å². The topological polar surface area (TPSA) is 49.8 Å². The fourth-order valence-corrected chi connectivity index (χ4v) is 0.732. The third-order valence-electron chi connectivity index (χ3n) is 1.23. The van der Waals surface area contributed by atoms with E-state index in [1.807, 2.05) is 0 Å². The highest BCUT2D eigenvalue weighted by Crippen LogP contribution is 1.89. The average Bonchev–Trinajstić information content (AvgIpc) is 1.86. The summed E-state index contributed by atoms with van der Waals surface area (Å²) >= 11 is 0. The minimum absolute atomic E-state index is 0.0726. The smallest absolute Gasteiger partial charge is 0.248 e. The van der Waals surface area contributed by atoms with Gasteiger partial charge in [-0.05, 0) is 6.92 Å². The van der Waals surface area contributed by atoms with Crippen molar-refractivity contribution < 1.29 is 14.6 Å². The van der Waals surface area contributed by atoms with Crippen LogP contribution >= 0.6 is 0 Å². The van der Waals surface area contributed by atoms with Gasteiger partial charge in [-0.2, -0.15) is 0 Å². The van der Waals surface area contributed by atoms with Crippen LogP contribution in [0.5, 0.6) is 0 Å². The molecule has 0 aromatic rings. The molecule has 1 atom stereocenters. The second-order valence-corrected chi connectivity index (χ2v) is 2.56. The van der Waals surface area contributed by atoms with Crippen molar-refractivity contribution in [1.82, 2.24) is 4.90 Å². The number of amides is 1. The standard InChI is InChI=1S/C7H15NO3/c1-6(9)4-8(2)7(10)5-11-3/h6,9H,4-5H2,1-3H3. The van der Waals surface area contributed by atoms with Gasteiger partial charge < -0.3 is 14.7 Å². The molecule has 0 fully saturated rings. The van der Waals surface area contributed by atoms with Gasteiger partial charge in [-0.15, -0.1) is 0 Å². The van der Waals surface area contributed by atoms with Gasteiger partial charge in [-0.1, -0.05) is 0 Å². The van der Waals surface area contributed by atoms with Crippen LogP contribution in [-0.2, 0) is 9.53 Å². The van der Waals surface area contributed by atoms with Crippen molar-refractivity contribution in [3.05, 3.63) is 0 Å². The second-order valence-electron chi connectivity index (χ2n) is 2.56. The van der Waals surface area contributed by atoms with E-state index in [1.165, 1.54) is 12.0 Å². The minimum Gasteiger partial charge on any atom is -0.392 e. The Kier molecular flexibility index (Phi) is 4.81. The Bertz CT molecular complexity index is 125. The van der Waals surface area contributed by atoms with Crippen LogP contribution in [0.2, 0.25) is 0 Å². The molecule has 1 unspecified atom stereocenters. The van der Waals surface area contributed by atoms with Crippen molar-refractivity contribution in [2.24, 2.45) is 0 Å². The summed E-state index contributed by atoms with van der Waals surface area (Å²) < 4.78 is 4.63. The van der Waals surface area contributed by atoms with Crippen molar-refractivity contribution >= 4 is 5.91 Å². The van der Waals surface area contributed by atoms with Gasteiger partial charge in [0.2, 0.25) is 5.91 Å². The summed E-state index contributed by atoms with van der Waals surface area (Å²) in [6, 6.07) is 0. The third kappa shape index (κ3) is 4.75. The highest BCUT2D eigenvalue weighted by molar-refractivity contribution is 5.77. The minimum atomic E-state index is -0.485. The van der Waals surface area contributed by atoms with Crippen LogP contribution in [0.15, 0.2) is 0 Å². The quantitative estimate of drug-likeness (QED) is 0.603. The second kappa shape index (κ2) is 5.09. The van der Waals surface area contributed by atoms with Gasteiger partial charge in [-0.25, -0.2) is 0 Å². The summed E-state index contributed by atoms with van der Waals surface area (Å²) in [5.74, 6) is -0.117. The Morgan fingerprint density at radius 1 is 1.73 bits per heavy atom. The van der Waals surface area contributed by atoms with Gasteiger partial charge in [0.05, 0.1) is 6.10 Å². The monoisotopic (exact) mass is 161 g/mol. The van der Waals surface area contributed by atoms with Crippen LogP contribution in [-0.4, -0.2) is 49.3 Å². The first kappa shape index (κ1) is 10.4. The van der Waals surface area contributed by atoms with Crippen molar-refractivity contribution in [2.75, 3.05) is 27.3 Å². The average molecular weight is 161 g/mol. The van der Waals surface area contributed by atoms with E-state index in [-0.39, 0.29) is 12.5 Å². The number of carbonyl (C=O) groups is 1. The molecular weight excluding hydrogens is 146 g/mol. The molecule has 0 aliphatic rings. The lowest BCUT2D eigenvalue weighted by atomic mass is 10.4. The van der Waals surface area contributed by atoms with Crippen LogP contribution < -0.4 is 0 Å². The maximum absolute atomic E-state index is 11.0. The Morgan fingerprint density at radius 3 is 2.64 bits per heavy atom. The number of rotatable bonds is 4. The summed E-state index contributed by atoms with van der Waals surface area (Å²) in [7, 11) is 3.10. The Morgan fingerprint density at radius 2 is 2.27 bits per heavy atom. The van der Waals surface area contributed by atoms with Crippen LogP contribution in [0.25, 0.3) is 0 Å². The van der Waals surface area contributed by atoms with E-state index in [1.54, 1.807) is 14.0 Å². The first-order valence-electron chi connectivity index (χ1n) is 3.49. The molecule has 4 heteroatoms. The van der Waals surface area contributed by atoms with Crippen molar-refractivity contribution in [2.45, 2.75) is 13.0 Å². The molecule has 0 saturated carbocycles. The Hall–Kier alpha value is -0.610. The summed E-state index contributed by atoms with van der Waals surface area (Å²) in [6.45, 7) is 2.06. The zero-order chi connectivity index (χ0) is 8.85. The number of nitrogens with zero attached hydrogens (tertiary/aromatic N) is 1. The van der Waals surface area contributed by atoms with Crippen molar-refractivity contribution in [3.8, 4) is 0 Å². The first-order chi connectivity index (χ1) is 5.07. The number of hydrogen-bond donors (Lipinski definition) is 1. The van der Waals surface area contributed by atoms with E-state index in [4.69, 9.17) is 5.11 Å². The SMILES string of the molecule is COCC(=O)N(C)CC(C)O. The van der Waals surface area contributed by atoms with Crippen molar-refractivity contribution in [1.29, 1.82) is 0 Å². The summed E-state index contributed by atoms with van der Waals surface area (Å²) in [5, 5.41) is 8.91. The van der Waals surface area contributed by atoms with Crippen LogP contribution in [0.4, 0.5) is 0 Å². The van der Waals surface area contributed by atoms with Gasteiger partial charge in [0.15, 0.2) is 0 Å². The first-order valence-corrected chi connectivity index (χ1v) is 3.49. The summed E-state index contributed by atoms with van der Waals surface area (Å²) in [4.78, 5) is 12.4. The molecule has 0 aliphatic heterocycles. The lowest BCUT2D eigenvalue weighted by molar-refractivity contribution is -0.134. The Labute approximate surface area is 66.8 Å². The maximum Gasteiger partial charge on any atom is 0.248 e. The number of aliphatic hydroxyl groups is 1. The van der Waals surface area contributed by atoms with Gasteiger partial charge in [0, 0.05) is 20.7 Å². The molecule has 0 aromatic heterocycles. The van der Waals surface area contributed by atoms with Crippen molar-refractivity contribution in [3.63, 3.8) is 0 Å². The molecule has 4 nitrogen and oxygen atoms in total. The van der Waals surface area contributed by atoms with Crippen LogP contribution in [0.3, 0.4) is 0 Å². The molecule has 1 amide bonds. The zero-order valence-electron chi connectivity index (χ0n) is 7.20. The third-order valence-corrected chi connectivity index (χ3v) is 1.23. The largest absolute Gasteiger partial charge is 0.392 e. The van der Waals surface area contributed by atoms with Gasteiger partial charge in [-0.3, -0.25) is 4.79 Å². The fourth-order valence-electron chi connectivity index (χ4n) is 0.732. The van der Waals surface area contributed by atoms with E-state index in [0.29, 0.717) is 6.54 Å². The lowest BCUT2D eigenvalue weighted by Crippen LogP contribution is -2.35. The fraction of sp³-hybridized carbons (Fsp3) is 0.857. The molecule has 0 heterocycles. The molecule has 66 valence electrons. The maximum atomic E-state index is 11.0. The van der Waals surface area contributed by atoms with E-state index >= 15 is 0 Å². The lowest BCUT2D eigenvalue weighted by Gasteiger charge is -2.17. The molecule has 11 heavy (non-hydrogen) atoms. The highest BCUT2D eigenvalue weighted by Gasteiger charge is 2.09. The van der Waals surface area contributed by atoms with Gasteiger partial charge in [0.25, 0.3) is 0 Å². The molecule has 0 spiro atoms. The number of aliphatic hydroxyl groups excluding tert-OH is 1. The summed E-state index contributed by atoms with van der Waals surface area (Å²) in [6.07, 6.45) is -0.485. The molecule has 0 bridgehead atoms. The molecule has 1 N–H and O–H groups in total.